The molecule has 0 fully saturated rings. The van der Waals surface area contributed by atoms with E-state index in [1.54, 1.807) is 45.2 Å². The molecule has 1 aromatic rings. The van der Waals surface area contributed by atoms with E-state index in [4.69, 9.17) is 10.2 Å². The normalized spacial score (nSPS) is 14.1. The number of carbonyl (C=O) groups excluding carboxylic acids is 3. The quantitative estimate of drug-likeness (QED) is 0.107. The molecule has 3 amide bonds. The van der Waals surface area contributed by atoms with Gasteiger partial charge in [-0.1, -0.05) is 0 Å². The van der Waals surface area contributed by atoms with Crippen molar-refractivity contribution < 1.29 is 45.0 Å². The Hall–Kier alpha value is -0.550. The first-order valence-electron chi connectivity index (χ1n) is 9.63. The molecule has 0 aromatic heterocycles. The van der Waals surface area contributed by atoms with E-state index in [1.165, 1.54) is 6.92 Å². The van der Waals surface area contributed by atoms with Crippen molar-refractivity contribution in [2.45, 2.75) is 25.2 Å². The van der Waals surface area contributed by atoms with Crippen LogP contribution >= 0.6 is 67.8 Å². The zero-order valence-corrected chi connectivity index (χ0v) is 24.3. The fourth-order valence-electron chi connectivity index (χ4n) is 2.55. The highest BCUT2D eigenvalue weighted by molar-refractivity contribution is 14.1. The lowest BCUT2D eigenvalue weighted by Crippen LogP contribution is -2.40. The summed E-state index contributed by atoms with van der Waals surface area (Å²) in [6.07, 6.45) is -3.08. The van der Waals surface area contributed by atoms with Crippen molar-refractivity contribution in [3.63, 3.8) is 0 Å². The molecule has 12 nitrogen and oxygen atoms in total. The first-order valence-corrected chi connectivity index (χ1v) is 12.9. The van der Waals surface area contributed by atoms with E-state index in [1.807, 2.05) is 22.6 Å². The molecule has 0 saturated carbocycles. The van der Waals surface area contributed by atoms with Crippen molar-refractivity contribution in [1.29, 1.82) is 0 Å². The molecule has 0 aliphatic heterocycles. The van der Waals surface area contributed by atoms with E-state index in [0.717, 1.165) is 11.1 Å². The van der Waals surface area contributed by atoms with Crippen LogP contribution in [0.4, 0.5) is 5.69 Å². The van der Waals surface area contributed by atoms with Gasteiger partial charge in [0, 0.05) is 23.3 Å². The molecule has 1 rings (SSSR count). The standard InChI is InChI=1S/C19H24I3N3O9/c1-8(29)25(4-11(32)7-28)17-15(21)12(18(33)23-2-9(30)5-26)14(20)13(16(17)22)19(34)24-3-10(31)6-27/h2,9-11,26-28,30-32H,3-7H2,1H3,(H,24,34). The molecule has 0 saturated heterocycles. The van der Waals surface area contributed by atoms with Crippen LogP contribution in [0.3, 0.4) is 0 Å². The zero-order chi connectivity index (χ0) is 26.2. The number of hydrogen-bond donors (Lipinski definition) is 7. The van der Waals surface area contributed by atoms with Crippen LogP contribution in [-0.4, -0.2) is 106 Å². The fraction of sp³-hybridized carbons (Fsp3) is 0.474. The first-order chi connectivity index (χ1) is 15.9. The lowest BCUT2D eigenvalue weighted by Gasteiger charge is -2.28. The predicted molar refractivity (Wildman–Crippen MR) is 147 cm³/mol. The molecular weight excluding hydrogens is 795 g/mol. The summed E-state index contributed by atoms with van der Waals surface area (Å²) in [7, 11) is 0. The zero-order valence-electron chi connectivity index (χ0n) is 17.8. The van der Waals surface area contributed by atoms with E-state index >= 15 is 0 Å². The number of aliphatic hydroxyl groups excluding tert-OH is 6. The second-order valence-electron chi connectivity index (χ2n) is 6.89. The summed E-state index contributed by atoms with van der Waals surface area (Å²) in [6.45, 7) is -1.29. The van der Waals surface area contributed by atoms with Gasteiger partial charge in [-0.3, -0.25) is 14.4 Å². The van der Waals surface area contributed by atoms with Crippen LogP contribution in [0.15, 0.2) is 4.99 Å². The molecule has 190 valence electrons. The van der Waals surface area contributed by atoms with Crippen LogP contribution in [0.25, 0.3) is 0 Å². The minimum absolute atomic E-state index is 0.0206. The number of rotatable bonds is 11. The number of hydrogen-bond acceptors (Lipinski definition) is 9. The average molecular weight is 819 g/mol. The minimum atomic E-state index is -1.39. The van der Waals surface area contributed by atoms with Crippen molar-refractivity contribution in [2.24, 2.45) is 4.99 Å². The summed E-state index contributed by atoms with van der Waals surface area (Å²) < 4.78 is 0.635. The molecular formula is C19H24I3N3O9. The Morgan fingerprint density at radius 1 is 0.941 bits per heavy atom. The Balaban J connectivity index is 3.81. The number of halogens is 3. The Kier molecular flexibility index (Phi) is 13.8. The second-order valence-corrected chi connectivity index (χ2v) is 10.1. The molecule has 0 aliphatic carbocycles. The van der Waals surface area contributed by atoms with Gasteiger partial charge in [0.15, 0.2) is 0 Å². The van der Waals surface area contributed by atoms with Crippen LogP contribution in [0.5, 0.6) is 0 Å². The van der Waals surface area contributed by atoms with E-state index < -0.39 is 55.9 Å². The lowest BCUT2D eigenvalue weighted by atomic mass is 10.1. The van der Waals surface area contributed by atoms with Gasteiger partial charge in [-0.25, -0.2) is 4.99 Å². The predicted octanol–water partition coefficient (Wildman–Crippen LogP) is -1.15. The molecule has 0 radical (unpaired) electrons. The van der Waals surface area contributed by atoms with Gasteiger partial charge in [-0.2, -0.15) is 0 Å². The third-order valence-corrected chi connectivity index (χ3v) is 7.43. The monoisotopic (exact) mass is 819 g/mol. The molecule has 0 spiro atoms. The van der Waals surface area contributed by atoms with Crippen molar-refractivity contribution in [2.75, 3.05) is 37.8 Å². The number of amides is 3. The molecule has 15 heteroatoms. The SMILES string of the molecule is CC(=O)N(CC(O)CO)c1c(I)c(C(=O)N=CC(O)CO)c(I)c(C(=O)NCC(O)CO)c1I. The largest absolute Gasteiger partial charge is 0.394 e. The van der Waals surface area contributed by atoms with Crippen LogP contribution in [0, 0.1) is 10.7 Å². The molecule has 7 N–H and O–H groups in total. The Labute approximate surface area is 235 Å². The van der Waals surface area contributed by atoms with Gasteiger partial charge in [0.1, 0.15) is 6.10 Å². The van der Waals surface area contributed by atoms with Gasteiger partial charge in [-0.05, 0) is 67.8 Å². The number of nitrogens with one attached hydrogen (secondary N) is 1. The van der Waals surface area contributed by atoms with Crippen molar-refractivity contribution in [3.8, 4) is 0 Å². The first kappa shape index (κ1) is 31.5. The summed E-state index contributed by atoms with van der Waals surface area (Å²) in [6, 6.07) is 0. The van der Waals surface area contributed by atoms with Crippen molar-refractivity contribution in [3.05, 3.63) is 21.8 Å². The molecule has 0 bridgehead atoms. The van der Waals surface area contributed by atoms with Crippen LogP contribution in [0.2, 0.25) is 0 Å². The maximum absolute atomic E-state index is 13.0. The average Bonchev–Trinajstić information content (AvgIpc) is 2.79. The molecule has 3 atom stereocenters. The Bertz CT molecular complexity index is 946. The summed E-state index contributed by atoms with van der Waals surface area (Å²) in [4.78, 5) is 43.1. The van der Waals surface area contributed by atoms with Gasteiger partial charge < -0.3 is 40.9 Å². The third kappa shape index (κ3) is 8.25. The number of benzene rings is 1. The Morgan fingerprint density at radius 2 is 1.50 bits per heavy atom. The molecule has 34 heavy (non-hydrogen) atoms. The van der Waals surface area contributed by atoms with Gasteiger partial charge in [-0.15, -0.1) is 0 Å². The van der Waals surface area contributed by atoms with Crippen molar-refractivity contribution in [1.82, 2.24) is 5.32 Å². The minimum Gasteiger partial charge on any atom is -0.394 e. The molecule has 0 aliphatic rings. The van der Waals surface area contributed by atoms with E-state index in [0.29, 0.717) is 0 Å². The van der Waals surface area contributed by atoms with Crippen LogP contribution in [0.1, 0.15) is 27.6 Å². The maximum atomic E-state index is 13.0. The number of aliphatic imine (C=N–C) groups is 1. The highest BCUT2D eigenvalue weighted by atomic mass is 127. The smallest absolute Gasteiger partial charge is 0.278 e. The number of nitrogens with zero attached hydrogens (tertiary/aromatic N) is 2. The number of anilines is 1. The van der Waals surface area contributed by atoms with Crippen LogP contribution in [-0.2, 0) is 4.79 Å². The van der Waals surface area contributed by atoms with E-state index in [9.17, 15) is 34.8 Å². The highest BCUT2D eigenvalue weighted by Crippen LogP contribution is 2.38. The summed E-state index contributed by atoms with van der Waals surface area (Å²) >= 11 is 5.38. The molecule has 3 unspecified atom stereocenters. The maximum Gasteiger partial charge on any atom is 0.278 e. The van der Waals surface area contributed by atoms with E-state index in [2.05, 4.69) is 10.3 Å². The van der Waals surface area contributed by atoms with Gasteiger partial charge in [0.05, 0.1) is 62.5 Å². The topological polar surface area (TPSA) is 200 Å². The highest BCUT2D eigenvalue weighted by Gasteiger charge is 2.32. The third-order valence-electron chi connectivity index (χ3n) is 4.25. The summed E-state index contributed by atoms with van der Waals surface area (Å²) in [5, 5.41) is 58.7. The molecule has 0 heterocycles. The van der Waals surface area contributed by atoms with Crippen molar-refractivity contribution >= 4 is 97.4 Å². The van der Waals surface area contributed by atoms with E-state index in [-0.39, 0.29) is 40.6 Å². The number of carbonyl (C=O) groups is 3. The van der Waals surface area contributed by atoms with Gasteiger partial charge in [0.2, 0.25) is 5.91 Å². The summed E-state index contributed by atoms with van der Waals surface area (Å²) in [5.74, 6) is -2.11. The Morgan fingerprint density at radius 3 is 2.00 bits per heavy atom. The number of aliphatic hydroxyl groups is 6. The molecule has 1 aromatic carbocycles. The van der Waals surface area contributed by atoms with Crippen LogP contribution < -0.4 is 10.2 Å². The second kappa shape index (κ2) is 14.9. The van der Waals surface area contributed by atoms with Gasteiger partial charge >= 0.3 is 0 Å². The fourth-order valence-corrected chi connectivity index (χ4v) is 7.25. The summed E-state index contributed by atoms with van der Waals surface area (Å²) in [5.41, 5.74) is 0.0269. The van der Waals surface area contributed by atoms with Gasteiger partial charge in [0.25, 0.3) is 11.8 Å². The lowest BCUT2D eigenvalue weighted by molar-refractivity contribution is -0.117.